The number of hydrogen-bond donors (Lipinski definition) is 1. The number of rotatable bonds is 4. The summed E-state index contributed by atoms with van der Waals surface area (Å²) >= 11 is 3.54. The van der Waals surface area contributed by atoms with Crippen molar-refractivity contribution in [1.29, 1.82) is 0 Å². The Bertz CT molecular complexity index is 451. The molecule has 0 bridgehead atoms. The number of hydrogen-bond acceptors (Lipinski definition) is 2. The van der Waals surface area contributed by atoms with Gasteiger partial charge in [-0.05, 0) is 37.0 Å². The van der Waals surface area contributed by atoms with E-state index in [4.69, 9.17) is 0 Å². The van der Waals surface area contributed by atoms with Crippen molar-refractivity contribution in [2.24, 2.45) is 0 Å². The third-order valence-electron chi connectivity index (χ3n) is 5.29. The second-order valence-electron chi connectivity index (χ2n) is 6.80. The number of halogens is 1. The van der Waals surface area contributed by atoms with Crippen LogP contribution in [-0.4, -0.2) is 29.6 Å². The monoisotopic (exact) mass is 350 g/mol. The van der Waals surface area contributed by atoms with E-state index in [1.54, 1.807) is 0 Å². The molecule has 1 aromatic rings. The first-order valence-corrected chi connectivity index (χ1v) is 9.24. The quantitative estimate of drug-likeness (QED) is 0.868. The first-order chi connectivity index (χ1) is 10.2. The Hall–Kier alpha value is -0.380. The van der Waals surface area contributed by atoms with Crippen LogP contribution in [0.25, 0.3) is 0 Å². The molecule has 1 aliphatic heterocycles. The van der Waals surface area contributed by atoms with Crippen LogP contribution in [0.2, 0.25) is 0 Å². The highest BCUT2D eigenvalue weighted by atomic mass is 79.9. The Labute approximate surface area is 137 Å². The molecule has 0 radical (unpaired) electrons. The molecule has 1 aromatic carbocycles. The van der Waals surface area contributed by atoms with Crippen LogP contribution in [0, 0.1) is 0 Å². The van der Waals surface area contributed by atoms with Gasteiger partial charge >= 0.3 is 0 Å². The van der Waals surface area contributed by atoms with Crippen LogP contribution >= 0.6 is 15.9 Å². The third-order valence-corrected chi connectivity index (χ3v) is 5.82. The Morgan fingerprint density at radius 1 is 1.24 bits per heavy atom. The van der Waals surface area contributed by atoms with E-state index in [0.29, 0.717) is 11.6 Å². The average Bonchev–Trinajstić information content (AvgIpc) is 2.95. The van der Waals surface area contributed by atoms with Gasteiger partial charge in [0.25, 0.3) is 0 Å². The zero-order valence-electron chi connectivity index (χ0n) is 13.1. The van der Waals surface area contributed by atoms with Crippen molar-refractivity contribution in [3.8, 4) is 0 Å². The average molecular weight is 351 g/mol. The number of nitrogens with zero attached hydrogens (tertiary/aromatic N) is 1. The predicted molar refractivity (Wildman–Crippen MR) is 92.4 cm³/mol. The Morgan fingerprint density at radius 3 is 2.62 bits per heavy atom. The lowest BCUT2D eigenvalue weighted by Gasteiger charge is -2.48. The van der Waals surface area contributed by atoms with Crippen LogP contribution in [0.15, 0.2) is 28.7 Å². The maximum absolute atomic E-state index is 3.83. The van der Waals surface area contributed by atoms with E-state index < -0.39 is 0 Å². The van der Waals surface area contributed by atoms with Gasteiger partial charge in [-0.1, -0.05) is 54.2 Å². The lowest BCUT2D eigenvalue weighted by Crippen LogP contribution is -2.63. The minimum absolute atomic E-state index is 0.428. The molecule has 2 fully saturated rings. The van der Waals surface area contributed by atoms with Gasteiger partial charge in [0.2, 0.25) is 0 Å². The predicted octanol–water partition coefficient (Wildman–Crippen LogP) is 4.34. The second-order valence-corrected chi connectivity index (χ2v) is 7.72. The third kappa shape index (κ3) is 3.52. The molecule has 1 unspecified atom stereocenters. The highest BCUT2D eigenvalue weighted by molar-refractivity contribution is 9.10. The van der Waals surface area contributed by atoms with Gasteiger partial charge in [-0.2, -0.15) is 0 Å². The topological polar surface area (TPSA) is 15.3 Å². The Kier molecular flexibility index (Phi) is 5.03. The summed E-state index contributed by atoms with van der Waals surface area (Å²) in [6, 6.07) is 9.55. The summed E-state index contributed by atoms with van der Waals surface area (Å²) in [6.07, 6.45) is 8.11. The van der Waals surface area contributed by atoms with Crippen molar-refractivity contribution in [1.82, 2.24) is 10.2 Å². The molecule has 2 aliphatic rings. The zero-order valence-corrected chi connectivity index (χ0v) is 14.7. The highest BCUT2D eigenvalue weighted by Gasteiger charge is 2.42. The van der Waals surface area contributed by atoms with Gasteiger partial charge in [0.1, 0.15) is 0 Å². The van der Waals surface area contributed by atoms with Crippen molar-refractivity contribution in [3.05, 3.63) is 34.3 Å². The summed E-state index contributed by atoms with van der Waals surface area (Å²) in [5.74, 6) is 0. The number of nitrogens with one attached hydrogen (secondary N) is 1. The summed E-state index contributed by atoms with van der Waals surface area (Å²) in [6.45, 7) is 5.80. The van der Waals surface area contributed by atoms with Crippen LogP contribution in [0.1, 0.15) is 51.0 Å². The van der Waals surface area contributed by atoms with E-state index >= 15 is 0 Å². The Morgan fingerprint density at radius 2 is 1.95 bits per heavy atom. The summed E-state index contributed by atoms with van der Waals surface area (Å²) in [7, 11) is 0. The summed E-state index contributed by atoms with van der Waals surface area (Å²) < 4.78 is 1.17. The molecule has 1 saturated heterocycles. The minimum atomic E-state index is 0.428. The summed E-state index contributed by atoms with van der Waals surface area (Å²) in [4.78, 5) is 2.79. The minimum Gasteiger partial charge on any atom is -0.311 e. The van der Waals surface area contributed by atoms with Crippen LogP contribution in [-0.2, 0) is 6.54 Å². The molecule has 21 heavy (non-hydrogen) atoms. The summed E-state index contributed by atoms with van der Waals surface area (Å²) in [5, 5.41) is 3.83. The molecular formula is C18H27BrN2. The van der Waals surface area contributed by atoms with Crippen molar-refractivity contribution in [2.75, 3.05) is 13.1 Å². The maximum Gasteiger partial charge on any atom is 0.0338 e. The fourth-order valence-electron chi connectivity index (χ4n) is 4.08. The van der Waals surface area contributed by atoms with Gasteiger partial charge in [0.15, 0.2) is 0 Å². The normalized spacial score (nSPS) is 25.5. The van der Waals surface area contributed by atoms with Gasteiger partial charge < -0.3 is 5.32 Å². The molecule has 1 atom stereocenters. The van der Waals surface area contributed by atoms with Crippen molar-refractivity contribution in [3.63, 3.8) is 0 Å². The first kappa shape index (κ1) is 15.5. The largest absolute Gasteiger partial charge is 0.311 e. The van der Waals surface area contributed by atoms with E-state index in [9.17, 15) is 0 Å². The van der Waals surface area contributed by atoms with E-state index in [2.05, 4.69) is 57.3 Å². The lowest BCUT2D eigenvalue weighted by molar-refractivity contribution is 0.0338. The van der Waals surface area contributed by atoms with E-state index in [1.165, 1.54) is 61.7 Å². The molecule has 3 rings (SSSR count). The molecule has 2 nitrogen and oxygen atoms in total. The van der Waals surface area contributed by atoms with Gasteiger partial charge in [-0.15, -0.1) is 0 Å². The lowest BCUT2D eigenvalue weighted by atomic mass is 9.89. The van der Waals surface area contributed by atoms with E-state index in [-0.39, 0.29) is 0 Å². The molecule has 3 heteroatoms. The number of piperazine rings is 1. The fraction of sp³-hybridized carbons (Fsp3) is 0.667. The van der Waals surface area contributed by atoms with E-state index in [0.717, 1.165) is 6.54 Å². The van der Waals surface area contributed by atoms with Gasteiger partial charge in [-0.3, -0.25) is 4.90 Å². The molecule has 0 amide bonds. The van der Waals surface area contributed by atoms with E-state index in [1.807, 2.05) is 0 Å². The molecule has 1 heterocycles. The molecule has 0 aromatic heterocycles. The van der Waals surface area contributed by atoms with Crippen LogP contribution in [0.3, 0.4) is 0 Å². The Balaban J connectivity index is 1.74. The molecule has 116 valence electrons. The molecule has 1 saturated carbocycles. The molecule has 1 N–H and O–H groups in total. The van der Waals surface area contributed by atoms with Crippen molar-refractivity contribution < 1.29 is 0 Å². The number of benzene rings is 1. The standard InChI is InChI=1S/C18H27BrN2/c1-2-5-17-13-21(12-15-6-8-16(19)9-7-15)18(14-20-17)10-3-4-11-18/h6-9,17,20H,2-5,10-14H2,1H3. The van der Waals surface area contributed by atoms with Gasteiger partial charge in [0, 0.05) is 35.7 Å². The van der Waals surface area contributed by atoms with Crippen molar-refractivity contribution >= 4 is 15.9 Å². The van der Waals surface area contributed by atoms with Crippen molar-refractivity contribution in [2.45, 2.75) is 63.6 Å². The zero-order chi connectivity index (χ0) is 14.7. The maximum atomic E-state index is 3.83. The SMILES string of the molecule is CCCC1CN(Cc2ccc(Br)cc2)C2(CCCC2)CN1. The molecule has 1 spiro atoms. The highest BCUT2D eigenvalue weighted by Crippen LogP contribution is 2.38. The second kappa shape index (κ2) is 6.80. The summed E-state index contributed by atoms with van der Waals surface area (Å²) in [5.41, 5.74) is 1.87. The molecule has 1 aliphatic carbocycles. The fourth-order valence-corrected chi connectivity index (χ4v) is 4.35. The van der Waals surface area contributed by atoms with Gasteiger partial charge in [0.05, 0.1) is 0 Å². The smallest absolute Gasteiger partial charge is 0.0338 e. The first-order valence-electron chi connectivity index (χ1n) is 8.45. The van der Waals surface area contributed by atoms with Crippen LogP contribution < -0.4 is 5.32 Å². The van der Waals surface area contributed by atoms with Gasteiger partial charge in [-0.25, -0.2) is 0 Å². The van der Waals surface area contributed by atoms with Crippen LogP contribution in [0.4, 0.5) is 0 Å². The molecular weight excluding hydrogens is 324 g/mol. The van der Waals surface area contributed by atoms with Crippen LogP contribution in [0.5, 0.6) is 0 Å².